The van der Waals surface area contributed by atoms with Crippen LogP contribution in [0.25, 0.3) is 0 Å². The quantitative estimate of drug-likeness (QED) is 0.0794. The first-order valence-corrected chi connectivity index (χ1v) is 23.8. The van der Waals surface area contributed by atoms with Crippen LogP contribution in [0.5, 0.6) is 0 Å². The first-order chi connectivity index (χ1) is 25.5. The van der Waals surface area contributed by atoms with Crippen LogP contribution in [0, 0.1) is 7.14 Å². The van der Waals surface area contributed by atoms with Crippen molar-refractivity contribution in [3.63, 3.8) is 0 Å². The van der Waals surface area contributed by atoms with Gasteiger partial charge in [0.05, 0.1) is 21.0 Å². The molecule has 2 heterocycles. The van der Waals surface area contributed by atoms with Gasteiger partial charge >= 0.3 is 0 Å². The summed E-state index contributed by atoms with van der Waals surface area (Å²) in [7, 11) is -7.91. The van der Waals surface area contributed by atoms with E-state index in [1.165, 1.54) is 20.5 Å². The highest BCUT2D eigenvalue weighted by atomic mass is 127. The monoisotopic (exact) mass is 991 g/mol. The summed E-state index contributed by atoms with van der Waals surface area (Å²) in [6.45, 7) is 12.5. The summed E-state index contributed by atoms with van der Waals surface area (Å²) in [5.74, 6) is -0.285. The van der Waals surface area contributed by atoms with Gasteiger partial charge in [-0.05, 0) is 150 Å². The van der Waals surface area contributed by atoms with Crippen LogP contribution in [-0.4, -0.2) is 50.5 Å². The average molecular weight is 992 g/mol. The van der Waals surface area contributed by atoms with Gasteiger partial charge in [0.2, 0.25) is 15.5 Å². The SMILES string of the molecule is CCCCN1/C(=C/C=C2\CCC(/C=C/C3=[N+](CCCCS(=O)(=O)O)c4ccc(I)cc4C3(C)C)=C2S(=O)(=O)c2ccccc2)C(C)(C)c2cc(I)ccc21. The van der Waals surface area contributed by atoms with Crippen molar-refractivity contribution in [1.29, 1.82) is 0 Å². The highest BCUT2D eigenvalue weighted by molar-refractivity contribution is 14.1. The van der Waals surface area contributed by atoms with Crippen molar-refractivity contribution < 1.29 is 26.0 Å². The number of benzene rings is 3. The fraction of sp³-hybridized carbons (Fsp3) is 0.372. The van der Waals surface area contributed by atoms with Crippen LogP contribution < -0.4 is 4.90 Å². The zero-order chi connectivity index (χ0) is 39.1. The molecule has 3 aromatic carbocycles. The van der Waals surface area contributed by atoms with Gasteiger partial charge in [-0.1, -0.05) is 57.5 Å². The fourth-order valence-electron chi connectivity index (χ4n) is 8.09. The standard InChI is InChI=1S/C43H48I2N2O5S2/c1-6-7-25-46-37-21-19-32(44)28-35(37)42(2,3)39(46)23-17-30-15-16-31(41(30)54(51,52)34-13-9-8-10-14-34)18-24-40-43(4,5)36-29-33(45)20-22-38(36)47(40)26-11-12-27-53(48,49)50/h8-10,13-14,17-24,28-29H,6-7,11-12,15-16,25-27H2,1-5H3/p+1. The Labute approximate surface area is 349 Å². The first kappa shape index (κ1) is 41.1. The van der Waals surface area contributed by atoms with Gasteiger partial charge < -0.3 is 4.90 Å². The third kappa shape index (κ3) is 8.26. The van der Waals surface area contributed by atoms with Gasteiger partial charge in [0, 0.05) is 54.6 Å². The number of sulfone groups is 1. The maximum atomic E-state index is 14.6. The summed E-state index contributed by atoms with van der Waals surface area (Å²) in [5, 5.41) is 0. The number of unbranched alkanes of at least 4 members (excludes halogenated alkanes) is 2. The Hall–Kier alpha value is -2.59. The minimum absolute atomic E-state index is 0.257. The molecule has 0 bridgehead atoms. The van der Waals surface area contributed by atoms with Crippen LogP contribution >= 0.6 is 45.2 Å². The third-order valence-corrected chi connectivity index (χ3v) is 15.0. The van der Waals surface area contributed by atoms with E-state index in [4.69, 9.17) is 0 Å². The normalized spacial score (nSPS) is 19.5. The van der Waals surface area contributed by atoms with Gasteiger partial charge in [-0.15, -0.1) is 0 Å². The molecule has 1 aliphatic carbocycles. The molecule has 54 heavy (non-hydrogen) atoms. The zero-order valence-electron chi connectivity index (χ0n) is 31.6. The summed E-state index contributed by atoms with van der Waals surface area (Å²) in [5.41, 5.74) is 7.83. The van der Waals surface area contributed by atoms with Crippen LogP contribution in [0.2, 0.25) is 0 Å². The van der Waals surface area contributed by atoms with E-state index in [0.717, 1.165) is 51.1 Å². The van der Waals surface area contributed by atoms with Gasteiger partial charge in [0.1, 0.15) is 6.54 Å². The molecule has 0 saturated carbocycles. The van der Waals surface area contributed by atoms with Crippen molar-refractivity contribution in [3.8, 4) is 0 Å². The number of hydrogen-bond donors (Lipinski definition) is 1. The van der Waals surface area contributed by atoms with E-state index < -0.39 is 20.0 Å². The second-order valence-corrected chi connectivity index (χ2v) is 21.3. The topological polar surface area (TPSA) is 94.8 Å². The van der Waals surface area contributed by atoms with Gasteiger partial charge in [-0.25, -0.2) is 8.42 Å². The maximum Gasteiger partial charge on any atom is 0.264 e. The maximum absolute atomic E-state index is 14.6. The summed E-state index contributed by atoms with van der Waals surface area (Å²) < 4.78 is 66.0. The molecular weight excluding hydrogens is 942 g/mol. The van der Waals surface area contributed by atoms with Crippen LogP contribution in [0.1, 0.15) is 84.3 Å². The first-order valence-electron chi connectivity index (χ1n) is 18.6. The molecule has 0 spiro atoms. The highest BCUT2D eigenvalue weighted by Gasteiger charge is 2.45. The number of allylic oxidation sites excluding steroid dienone is 7. The van der Waals surface area contributed by atoms with Crippen molar-refractivity contribution in [2.24, 2.45) is 0 Å². The smallest absolute Gasteiger partial charge is 0.264 e. The Kier molecular flexibility index (Phi) is 12.2. The summed E-state index contributed by atoms with van der Waals surface area (Å²) >= 11 is 4.70. The minimum atomic E-state index is -4.05. The molecule has 11 heteroatoms. The lowest BCUT2D eigenvalue weighted by molar-refractivity contribution is -0.438. The molecule has 0 saturated heterocycles. The molecule has 1 N–H and O–H groups in total. The molecule has 0 aromatic heterocycles. The van der Waals surface area contributed by atoms with Crippen molar-refractivity contribution in [2.75, 3.05) is 23.7 Å². The Morgan fingerprint density at radius 1 is 0.815 bits per heavy atom. The Balaban J connectivity index is 1.46. The second-order valence-electron chi connectivity index (χ2n) is 15.4. The van der Waals surface area contributed by atoms with Gasteiger partial charge in [-0.2, -0.15) is 13.0 Å². The van der Waals surface area contributed by atoms with E-state index in [9.17, 15) is 21.4 Å². The largest absolute Gasteiger partial charge is 0.344 e. The number of nitrogens with zero attached hydrogens (tertiary/aromatic N) is 2. The lowest BCUT2D eigenvalue weighted by Gasteiger charge is -2.27. The van der Waals surface area contributed by atoms with Gasteiger partial charge in [-0.3, -0.25) is 4.55 Å². The Morgan fingerprint density at radius 3 is 2.19 bits per heavy atom. The summed E-state index contributed by atoms with van der Waals surface area (Å²) in [6.07, 6.45) is 12.5. The molecule has 0 radical (unpaired) electrons. The molecule has 286 valence electrons. The van der Waals surface area contributed by atoms with Crippen LogP contribution in [0.3, 0.4) is 0 Å². The number of anilines is 1. The second kappa shape index (κ2) is 16.1. The predicted octanol–water partition coefficient (Wildman–Crippen LogP) is 10.4. The van der Waals surface area contributed by atoms with Crippen molar-refractivity contribution >= 4 is 82.2 Å². The molecule has 7 nitrogen and oxygen atoms in total. The van der Waals surface area contributed by atoms with Crippen molar-refractivity contribution in [1.82, 2.24) is 0 Å². The lowest BCUT2D eigenvalue weighted by Crippen LogP contribution is -2.28. The van der Waals surface area contributed by atoms with Crippen molar-refractivity contribution in [2.45, 2.75) is 88.9 Å². The highest BCUT2D eigenvalue weighted by Crippen LogP contribution is 2.49. The number of rotatable bonds is 13. The summed E-state index contributed by atoms with van der Waals surface area (Å²) in [6, 6.07) is 21.7. The third-order valence-electron chi connectivity index (χ3n) is 10.9. The molecular formula is C43H49I2N2O5S2+. The van der Waals surface area contributed by atoms with E-state index in [-0.39, 0.29) is 21.5 Å². The molecule has 0 atom stereocenters. The Bertz CT molecular complexity index is 2340. The number of fused-ring (bicyclic) bond motifs is 2. The molecule has 0 amide bonds. The molecule has 6 rings (SSSR count). The van der Waals surface area contributed by atoms with E-state index in [1.807, 2.05) is 12.1 Å². The van der Waals surface area contributed by atoms with Crippen molar-refractivity contribution in [3.05, 3.63) is 131 Å². The van der Waals surface area contributed by atoms with E-state index in [0.29, 0.717) is 37.1 Å². The minimum Gasteiger partial charge on any atom is -0.344 e. The van der Waals surface area contributed by atoms with E-state index in [2.05, 4.69) is 144 Å². The van der Waals surface area contributed by atoms with Gasteiger partial charge in [0.25, 0.3) is 10.1 Å². The molecule has 3 aliphatic rings. The average Bonchev–Trinajstić information content (AvgIpc) is 3.69. The van der Waals surface area contributed by atoms with E-state index in [1.54, 1.807) is 24.3 Å². The number of halogens is 2. The fourth-order valence-corrected chi connectivity index (χ4v) is 11.4. The van der Waals surface area contributed by atoms with Crippen LogP contribution in [0.4, 0.5) is 11.4 Å². The molecule has 3 aromatic rings. The predicted molar refractivity (Wildman–Crippen MR) is 237 cm³/mol. The van der Waals surface area contributed by atoms with Crippen LogP contribution in [0.15, 0.2) is 118 Å². The molecule has 2 aliphatic heterocycles. The number of hydrogen-bond acceptors (Lipinski definition) is 5. The molecule has 0 fully saturated rings. The van der Waals surface area contributed by atoms with E-state index >= 15 is 0 Å². The molecule has 0 unspecified atom stereocenters. The zero-order valence-corrected chi connectivity index (χ0v) is 37.5. The summed E-state index contributed by atoms with van der Waals surface area (Å²) in [4.78, 5) is 3.06. The van der Waals surface area contributed by atoms with Gasteiger partial charge in [0.15, 0.2) is 5.71 Å². The Morgan fingerprint density at radius 2 is 1.50 bits per heavy atom. The lowest BCUT2D eigenvalue weighted by atomic mass is 9.81. The van der Waals surface area contributed by atoms with Crippen LogP contribution in [-0.2, 0) is 30.8 Å².